The molecule has 5 nitrogen and oxygen atoms in total. The molecule has 0 saturated heterocycles. The van der Waals surface area contributed by atoms with Crippen molar-refractivity contribution in [3.8, 4) is 5.75 Å². The predicted molar refractivity (Wildman–Crippen MR) is 120 cm³/mol. The van der Waals surface area contributed by atoms with Gasteiger partial charge in [-0.3, -0.25) is 14.5 Å². The van der Waals surface area contributed by atoms with Crippen molar-refractivity contribution in [3.63, 3.8) is 0 Å². The predicted octanol–water partition coefficient (Wildman–Crippen LogP) is 4.88. The minimum atomic E-state index is -0.285. The molecule has 2 aromatic rings. The summed E-state index contributed by atoms with van der Waals surface area (Å²) in [4.78, 5) is 27.7. The Morgan fingerprint density at radius 1 is 0.900 bits per heavy atom. The van der Waals surface area contributed by atoms with Crippen LogP contribution in [-0.4, -0.2) is 29.9 Å². The Bertz CT molecular complexity index is 959. The first-order valence-electron chi connectivity index (χ1n) is 10.4. The van der Waals surface area contributed by atoms with E-state index in [1.54, 1.807) is 0 Å². The zero-order valence-corrected chi connectivity index (χ0v) is 18.4. The van der Waals surface area contributed by atoms with E-state index < -0.39 is 0 Å². The van der Waals surface area contributed by atoms with Crippen LogP contribution in [-0.2, 0) is 9.59 Å². The molecule has 158 valence electrons. The molecule has 0 radical (unpaired) electrons. The van der Waals surface area contributed by atoms with Gasteiger partial charge in [0.25, 0.3) is 11.8 Å². The largest absolute Gasteiger partial charge is 0.493 e. The van der Waals surface area contributed by atoms with Gasteiger partial charge in [0.05, 0.1) is 12.2 Å². The monoisotopic (exact) mass is 406 g/mol. The van der Waals surface area contributed by atoms with E-state index in [4.69, 9.17) is 4.74 Å². The third kappa shape index (κ3) is 4.73. The van der Waals surface area contributed by atoms with Crippen LogP contribution in [0.4, 0.5) is 5.69 Å². The molecule has 0 atom stereocenters. The zero-order valence-electron chi connectivity index (χ0n) is 18.4. The number of rotatable bonds is 8. The lowest BCUT2D eigenvalue weighted by Crippen LogP contribution is -2.35. The quantitative estimate of drug-likeness (QED) is 0.635. The number of carbonyl (C=O) groups is 2. The molecule has 1 aliphatic rings. The molecule has 5 heteroatoms. The molecule has 2 aromatic carbocycles. The molecule has 0 saturated carbocycles. The molecule has 1 N–H and O–H groups in total. The van der Waals surface area contributed by atoms with Gasteiger partial charge in [-0.25, -0.2) is 0 Å². The summed E-state index contributed by atoms with van der Waals surface area (Å²) < 4.78 is 5.75. The van der Waals surface area contributed by atoms with Gasteiger partial charge in [-0.1, -0.05) is 58.0 Å². The normalized spacial score (nSPS) is 14.3. The van der Waals surface area contributed by atoms with Crippen molar-refractivity contribution in [2.45, 2.75) is 34.6 Å². The molecule has 30 heavy (non-hydrogen) atoms. The van der Waals surface area contributed by atoms with Crippen LogP contribution in [0.2, 0.25) is 0 Å². The molecule has 0 bridgehead atoms. The summed E-state index contributed by atoms with van der Waals surface area (Å²) in [6, 6.07) is 15.1. The van der Waals surface area contributed by atoms with Crippen molar-refractivity contribution in [1.82, 2.24) is 4.90 Å². The first-order valence-corrected chi connectivity index (χ1v) is 10.4. The van der Waals surface area contributed by atoms with Crippen molar-refractivity contribution in [3.05, 3.63) is 65.4 Å². The van der Waals surface area contributed by atoms with Crippen LogP contribution in [0.5, 0.6) is 5.75 Å². The SMILES string of the molecule is Cc1ccccc1NC1=C(c2ccc(OCC(C)C)cc2)C(=O)N(CC(C)C)C1=O. The Kier molecular flexibility index (Phi) is 6.60. The Hall–Kier alpha value is -3.08. The second kappa shape index (κ2) is 9.16. The van der Waals surface area contributed by atoms with E-state index in [0.717, 1.165) is 17.0 Å². The lowest BCUT2D eigenvalue weighted by Gasteiger charge is -2.17. The van der Waals surface area contributed by atoms with E-state index in [1.165, 1.54) is 4.90 Å². The highest BCUT2D eigenvalue weighted by Crippen LogP contribution is 2.32. The maximum absolute atomic E-state index is 13.2. The van der Waals surface area contributed by atoms with Crippen molar-refractivity contribution in [2.24, 2.45) is 11.8 Å². The van der Waals surface area contributed by atoms with Crippen LogP contribution < -0.4 is 10.1 Å². The molecule has 0 unspecified atom stereocenters. The average molecular weight is 407 g/mol. The fraction of sp³-hybridized carbons (Fsp3) is 0.360. The number of hydrogen-bond donors (Lipinski definition) is 1. The van der Waals surface area contributed by atoms with Crippen molar-refractivity contribution < 1.29 is 14.3 Å². The van der Waals surface area contributed by atoms with E-state index >= 15 is 0 Å². The summed E-state index contributed by atoms with van der Waals surface area (Å²) in [5.41, 5.74) is 3.25. The van der Waals surface area contributed by atoms with Crippen molar-refractivity contribution in [1.29, 1.82) is 0 Å². The lowest BCUT2D eigenvalue weighted by molar-refractivity contribution is -0.137. The Balaban J connectivity index is 1.98. The third-order valence-electron chi connectivity index (χ3n) is 4.85. The van der Waals surface area contributed by atoms with Gasteiger partial charge in [0, 0.05) is 12.2 Å². The van der Waals surface area contributed by atoms with Gasteiger partial charge in [-0.15, -0.1) is 0 Å². The number of para-hydroxylation sites is 1. The first-order chi connectivity index (χ1) is 14.3. The minimum Gasteiger partial charge on any atom is -0.493 e. The van der Waals surface area contributed by atoms with Crippen LogP contribution >= 0.6 is 0 Å². The van der Waals surface area contributed by atoms with Gasteiger partial charge in [-0.2, -0.15) is 0 Å². The van der Waals surface area contributed by atoms with Crippen LogP contribution in [0.1, 0.15) is 38.8 Å². The number of ether oxygens (including phenoxy) is 1. The van der Waals surface area contributed by atoms with E-state index in [1.807, 2.05) is 69.3 Å². The van der Waals surface area contributed by atoms with Crippen molar-refractivity contribution in [2.75, 3.05) is 18.5 Å². The van der Waals surface area contributed by atoms with E-state index in [0.29, 0.717) is 35.9 Å². The second-order valence-electron chi connectivity index (χ2n) is 8.53. The highest BCUT2D eigenvalue weighted by Gasteiger charge is 2.39. The number of nitrogens with one attached hydrogen (secondary N) is 1. The summed E-state index contributed by atoms with van der Waals surface area (Å²) in [6.45, 7) is 11.2. The first kappa shape index (κ1) is 21.6. The van der Waals surface area contributed by atoms with Gasteiger partial charge >= 0.3 is 0 Å². The summed E-state index contributed by atoms with van der Waals surface area (Å²) in [5.74, 6) is 0.810. The zero-order chi connectivity index (χ0) is 21.8. The van der Waals surface area contributed by atoms with Crippen LogP contribution in [0, 0.1) is 18.8 Å². The fourth-order valence-electron chi connectivity index (χ4n) is 3.32. The highest BCUT2D eigenvalue weighted by molar-refractivity contribution is 6.36. The maximum atomic E-state index is 13.2. The molecule has 0 aromatic heterocycles. The summed E-state index contributed by atoms with van der Waals surface area (Å²) in [6.07, 6.45) is 0. The molecule has 0 fully saturated rings. The Morgan fingerprint density at radius 3 is 2.17 bits per heavy atom. The molecule has 0 aliphatic carbocycles. The maximum Gasteiger partial charge on any atom is 0.278 e. The fourth-order valence-corrected chi connectivity index (χ4v) is 3.32. The minimum absolute atomic E-state index is 0.184. The molecular formula is C25H30N2O3. The number of hydrogen-bond acceptors (Lipinski definition) is 4. The lowest BCUT2D eigenvalue weighted by atomic mass is 10.0. The number of nitrogens with zero attached hydrogens (tertiary/aromatic N) is 1. The Morgan fingerprint density at radius 2 is 1.57 bits per heavy atom. The molecule has 1 aliphatic heterocycles. The topological polar surface area (TPSA) is 58.6 Å². The van der Waals surface area contributed by atoms with E-state index in [-0.39, 0.29) is 17.7 Å². The van der Waals surface area contributed by atoms with E-state index in [2.05, 4.69) is 19.2 Å². The van der Waals surface area contributed by atoms with Gasteiger partial charge in [0.1, 0.15) is 11.4 Å². The molecular weight excluding hydrogens is 376 g/mol. The van der Waals surface area contributed by atoms with Crippen LogP contribution in [0.3, 0.4) is 0 Å². The number of anilines is 1. The third-order valence-corrected chi connectivity index (χ3v) is 4.85. The second-order valence-corrected chi connectivity index (χ2v) is 8.53. The number of benzene rings is 2. The molecule has 2 amide bonds. The average Bonchev–Trinajstić information content (AvgIpc) is 2.92. The van der Waals surface area contributed by atoms with Crippen LogP contribution in [0.25, 0.3) is 5.57 Å². The van der Waals surface area contributed by atoms with Gasteiger partial charge in [0.15, 0.2) is 0 Å². The summed E-state index contributed by atoms with van der Waals surface area (Å²) in [5, 5.41) is 3.23. The molecule has 1 heterocycles. The van der Waals surface area contributed by atoms with Gasteiger partial charge in [0.2, 0.25) is 0 Å². The Labute approximate surface area is 178 Å². The van der Waals surface area contributed by atoms with Gasteiger partial charge in [-0.05, 0) is 48.1 Å². The number of imide groups is 1. The number of carbonyl (C=O) groups excluding carboxylic acids is 2. The standard InChI is InChI=1S/C25H30N2O3/c1-16(2)14-27-24(28)22(19-10-12-20(13-11-19)30-15-17(3)4)23(25(27)29)26-21-9-7-6-8-18(21)5/h6-13,16-17,26H,14-15H2,1-5H3. The number of aryl methyl sites for hydroxylation is 1. The summed E-state index contributed by atoms with van der Waals surface area (Å²) >= 11 is 0. The van der Waals surface area contributed by atoms with Crippen molar-refractivity contribution >= 4 is 23.1 Å². The summed E-state index contributed by atoms with van der Waals surface area (Å²) in [7, 11) is 0. The molecule has 0 spiro atoms. The number of amides is 2. The van der Waals surface area contributed by atoms with Crippen LogP contribution in [0.15, 0.2) is 54.2 Å². The van der Waals surface area contributed by atoms with E-state index in [9.17, 15) is 9.59 Å². The van der Waals surface area contributed by atoms with Gasteiger partial charge < -0.3 is 10.1 Å². The smallest absolute Gasteiger partial charge is 0.278 e. The molecule has 3 rings (SSSR count). The highest BCUT2D eigenvalue weighted by atomic mass is 16.5.